The monoisotopic (exact) mass is 343 g/mol. The number of likely N-dealkylation sites (N-methyl/N-ethyl adjacent to an activating group) is 1. The zero-order valence-electron chi connectivity index (χ0n) is 15.8. The number of carbonyl (C=O) groups is 1. The van der Waals surface area contributed by atoms with Crippen LogP contribution in [0.4, 0.5) is 4.79 Å². The molecule has 2 N–H and O–H groups in total. The maximum atomic E-state index is 12.3. The Morgan fingerprint density at radius 3 is 2.48 bits per heavy atom. The first-order valence-electron chi connectivity index (χ1n) is 8.61. The molecule has 0 aliphatic heterocycles. The SMILES string of the molecule is Cc1nn(C)c(C)c1CCNC(=O)NC(CN(C)C)c1ccccc1. The Balaban J connectivity index is 1.90. The van der Waals surface area contributed by atoms with E-state index in [0.29, 0.717) is 6.54 Å². The van der Waals surface area contributed by atoms with E-state index in [1.165, 1.54) is 5.56 Å². The van der Waals surface area contributed by atoms with E-state index in [-0.39, 0.29) is 12.1 Å². The summed E-state index contributed by atoms with van der Waals surface area (Å²) in [6, 6.07) is 9.85. The van der Waals surface area contributed by atoms with Crippen LogP contribution >= 0.6 is 0 Å². The molecule has 2 aromatic rings. The number of benzene rings is 1. The van der Waals surface area contributed by atoms with Gasteiger partial charge in [-0.1, -0.05) is 30.3 Å². The summed E-state index contributed by atoms with van der Waals surface area (Å²) in [7, 11) is 5.95. The van der Waals surface area contributed by atoms with E-state index in [4.69, 9.17) is 0 Å². The number of rotatable bonds is 7. The zero-order valence-corrected chi connectivity index (χ0v) is 15.8. The topological polar surface area (TPSA) is 62.2 Å². The summed E-state index contributed by atoms with van der Waals surface area (Å²) in [6.45, 7) is 5.39. The summed E-state index contributed by atoms with van der Waals surface area (Å²) >= 11 is 0. The molecule has 2 rings (SSSR count). The van der Waals surface area contributed by atoms with Crippen molar-refractivity contribution in [2.75, 3.05) is 27.2 Å². The molecule has 0 radical (unpaired) electrons. The number of hydrogen-bond acceptors (Lipinski definition) is 3. The third kappa shape index (κ3) is 5.32. The number of nitrogens with zero attached hydrogens (tertiary/aromatic N) is 3. The zero-order chi connectivity index (χ0) is 18.4. The summed E-state index contributed by atoms with van der Waals surface area (Å²) in [6.07, 6.45) is 0.780. The first kappa shape index (κ1) is 19.0. The van der Waals surface area contributed by atoms with E-state index < -0.39 is 0 Å². The summed E-state index contributed by atoms with van der Waals surface area (Å²) in [5.41, 5.74) is 4.48. The molecule has 1 aromatic carbocycles. The second-order valence-electron chi connectivity index (χ2n) is 6.65. The molecule has 6 heteroatoms. The Kier molecular flexibility index (Phi) is 6.58. The molecule has 1 aromatic heterocycles. The second kappa shape index (κ2) is 8.67. The van der Waals surface area contributed by atoms with Gasteiger partial charge in [-0.25, -0.2) is 4.79 Å². The van der Waals surface area contributed by atoms with Crippen LogP contribution < -0.4 is 10.6 Å². The van der Waals surface area contributed by atoms with Gasteiger partial charge in [0.2, 0.25) is 0 Å². The van der Waals surface area contributed by atoms with Gasteiger partial charge in [0.15, 0.2) is 0 Å². The largest absolute Gasteiger partial charge is 0.338 e. The fraction of sp³-hybridized carbons (Fsp3) is 0.474. The van der Waals surface area contributed by atoms with Crippen molar-refractivity contribution in [2.24, 2.45) is 7.05 Å². The molecule has 0 fully saturated rings. The Bertz CT molecular complexity index is 693. The third-order valence-electron chi connectivity index (χ3n) is 4.37. The van der Waals surface area contributed by atoms with Crippen molar-refractivity contribution in [3.63, 3.8) is 0 Å². The van der Waals surface area contributed by atoms with Crippen LogP contribution in [0.25, 0.3) is 0 Å². The highest BCUT2D eigenvalue weighted by Gasteiger charge is 2.15. The lowest BCUT2D eigenvalue weighted by atomic mass is 10.1. The third-order valence-corrected chi connectivity index (χ3v) is 4.37. The van der Waals surface area contributed by atoms with Crippen LogP contribution in [0.5, 0.6) is 0 Å². The lowest BCUT2D eigenvalue weighted by Gasteiger charge is -2.23. The van der Waals surface area contributed by atoms with Crippen LogP contribution in [0.15, 0.2) is 30.3 Å². The Morgan fingerprint density at radius 2 is 1.92 bits per heavy atom. The highest BCUT2D eigenvalue weighted by molar-refractivity contribution is 5.74. The quantitative estimate of drug-likeness (QED) is 0.810. The van der Waals surface area contributed by atoms with E-state index >= 15 is 0 Å². The van der Waals surface area contributed by atoms with Crippen LogP contribution in [0, 0.1) is 13.8 Å². The van der Waals surface area contributed by atoms with Gasteiger partial charge in [0.1, 0.15) is 0 Å². The summed E-state index contributed by atoms with van der Waals surface area (Å²) in [4.78, 5) is 14.4. The van der Waals surface area contributed by atoms with Gasteiger partial charge in [0.25, 0.3) is 0 Å². The first-order valence-corrected chi connectivity index (χ1v) is 8.61. The van der Waals surface area contributed by atoms with Crippen LogP contribution in [-0.2, 0) is 13.5 Å². The standard InChI is InChI=1S/C19H29N5O/c1-14-17(15(2)24(5)22-14)11-12-20-19(25)21-18(13-23(3)4)16-9-7-6-8-10-16/h6-10,18H,11-13H2,1-5H3,(H2,20,21,25). The van der Waals surface area contributed by atoms with Gasteiger partial charge in [-0.2, -0.15) is 5.10 Å². The molecular weight excluding hydrogens is 314 g/mol. The molecule has 2 amide bonds. The second-order valence-corrected chi connectivity index (χ2v) is 6.65. The average Bonchev–Trinajstić information content (AvgIpc) is 2.81. The molecule has 25 heavy (non-hydrogen) atoms. The Hall–Kier alpha value is -2.34. The van der Waals surface area contributed by atoms with E-state index in [2.05, 4.69) is 27.6 Å². The molecule has 0 aliphatic carbocycles. The summed E-state index contributed by atoms with van der Waals surface area (Å²) in [5.74, 6) is 0. The van der Waals surface area contributed by atoms with E-state index in [1.54, 1.807) is 0 Å². The fourth-order valence-corrected chi connectivity index (χ4v) is 2.97. The number of urea groups is 1. The lowest BCUT2D eigenvalue weighted by molar-refractivity contribution is 0.233. The molecule has 1 unspecified atom stereocenters. The molecule has 0 spiro atoms. The van der Waals surface area contributed by atoms with Crippen molar-refractivity contribution in [1.29, 1.82) is 0 Å². The number of aryl methyl sites for hydroxylation is 2. The molecular formula is C19H29N5O. The highest BCUT2D eigenvalue weighted by Crippen LogP contribution is 2.14. The molecule has 136 valence electrons. The van der Waals surface area contributed by atoms with Crippen molar-refractivity contribution in [2.45, 2.75) is 26.3 Å². The van der Waals surface area contributed by atoms with Gasteiger partial charge in [0.05, 0.1) is 11.7 Å². The minimum atomic E-state index is -0.144. The van der Waals surface area contributed by atoms with Crippen LogP contribution in [0.1, 0.15) is 28.6 Å². The van der Waals surface area contributed by atoms with Crippen molar-refractivity contribution in [1.82, 2.24) is 25.3 Å². The van der Waals surface area contributed by atoms with Gasteiger partial charge < -0.3 is 15.5 Å². The molecule has 0 saturated carbocycles. The molecule has 6 nitrogen and oxygen atoms in total. The first-order chi connectivity index (χ1) is 11.9. The van der Waals surface area contributed by atoms with Crippen molar-refractivity contribution < 1.29 is 4.79 Å². The fourth-order valence-electron chi connectivity index (χ4n) is 2.97. The maximum Gasteiger partial charge on any atom is 0.315 e. The predicted molar refractivity (Wildman–Crippen MR) is 101 cm³/mol. The van der Waals surface area contributed by atoms with Crippen LogP contribution in [0.3, 0.4) is 0 Å². The smallest absolute Gasteiger partial charge is 0.315 e. The number of amides is 2. The number of hydrogen-bond donors (Lipinski definition) is 2. The molecule has 0 saturated heterocycles. The minimum absolute atomic E-state index is 0.0435. The van der Waals surface area contributed by atoms with Gasteiger partial charge in [0, 0.05) is 25.8 Å². The van der Waals surface area contributed by atoms with Crippen molar-refractivity contribution in [3.05, 3.63) is 52.8 Å². The molecule has 0 bridgehead atoms. The van der Waals surface area contributed by atoms with Crippen LogP contribution in [0.2, 0.25) is 0 Å². The van der Waals surface area contributed by atoms with E-state index in [1.807, 2.05) is 63.1 Å². The Labute approximate surface area is 150 Å². The highest BCUT2D eigenvalue weighted by atomic mass is 16.2. The summed E-state index contributed by atoms with van der Waals surface area (Å²) < 4.78 is 1.88. The van der Waals surface area contributed by atoms with Gasteiger partial charge in [-0.15, -0.1) is 0 Å². The average molecular weight is 343 g/mol. The number of carbonyl (C=O) groups excluding carboxylic acids is 1. The summed E-state index contributed by atoms with van der Waals surface area (Å²) in [5, 5.41) is 10.4. The maximum absolute atomic E-state index is 12.3. The lowest BCUT2D eigenvalue weighted by Crippen LogP contribution is -2.42. The normalized spacial score (nSPS) is 12.2. The number of nitrogens with one attached hydrogen (secondary N) is 2. The van der Waals surface area contributed by atoms with Gasteiger partial charge >= 0.3 is 6.03 Å². The van der Waals surface area contributed by atoms with E-state index in [0.717, 1.165) is 29.9 Å². The Morgan fingerprint density at radius 1 is 1.24 bits per heavy atom. The molecule has 0 aliphatic rings. The minimum Gasteiger partial charge on any atom is -0.338 e. The van der Waals surface area contributed by atoms with Crippen molar-refractivity contribution >= 4 is 6.03 Å². The van der Waals surface area contributed by atoms with Gasteiger partial charge in [-0.3, -0.25) is 4.68 Å². The molecule has 1 heterocycles. The molecule has 1 atom stereocenters. The van der Waals surface area contributed by atoms with E-state index in [9.17, 15) is 4.79 Å². The van der Waals surface area contributed by atoms with Crippen molar-refractivity contribution in [3.8, 4) is 0 Å². The number of aromatic nitrogens is 2. The van der Waals surface area contributed by atoms with Crippen LogP contribution in [-0.4, -0.2) is 47.9 Å². The predicted octanol–water partition coefficient (Wildman–Crippen LogP) is 2.18. The van der Waals surface area contributed by atoms with Gasteiger partial charge in [-0.05, 0) is 45.5 Å².